The molecule has 3 unspecified atom stereocenters. The van der Waals surface area contributed by atoms with Crippen molar-refractivity contribution in [3.05, 3.63) is 0 Å². The Labute approximate surface area is 116 Å². The van der Waals surface area contributed by atoms with E-state index in [0.717, 1.165) is 32.2 Å². The van der Waals surface area contributed by atoms with Crippen LogP contribution in [-0.2, 0) is 10.0 Å². The molecule has 2 rings (SSSR count). The van der Waals surface area contributed by atoms with Crippen LogP contribution in [-0.4, -0.2) is 44.0 Å². The van der Waals surface area contributed by atoms with E-state index in [9.17, 15) is 13.5 Å². The van der Waals surface area contributed by atoms with Crippen LogP contribution in [0.4, 0.5) is 0 Å². The van der Waals surface area contributed by atoms with Gasteiger partial charge in [0.1, 0.15) is 0 Å². The molecule has 0 bridgehead atoms. The molecule has 0 aromatic heterocycles. The second kappa shape index (κ2) is 7.02. The van der Waals surface area contributed by atoms with Crippen LogP contribution in [0, 0.1) is 0 Å². The monoisotopic (exact) mass is 290 g/mol. The summed E-state index contributed by atoms with van der Waals surface area (Å²) in [5.41, 5.74) is 0. The van der Waals surface area contributed by atoms with Gasteiger partial charge in [-0.15, -0.1) is 0 Å². The summed E-state index contributed by atoms with van der Waals surface area (Å²) in [4.78, 5) is 0. The highest BCUT2D eigenvalue weighted by Crippen LogP contribution is 2.19. The number of rotatable bonds is 5. The van der Waals surface area contributed by atoms with Crippen LogP contribution < -0.4 is 10.0 Å². The lowest BCUT2D eigenvalue weighted by atomic mass is 9.93. The van der Waals surface area contributed by atoms with Gasteiger partial charge in [-0.2, -0.15) is 0 Å². The van der Waals surface area contributed by atoms with Crippen LogP contribution in [0.15, 0.2) is 0 Å². The van der Waals surface area contributed by atoms with Crippen LogP contribution in [0.3, 0.4) is 0 Å². The van der Waals surface area contributed by atoms with Gasteiger partial charge in [0.05, 0.1) is 11.9 Å². The Hall–Kier alpha value is -0.170. The minimum atomic E-state index is -3.26. The number of aliphatic hydroxyl groups is 1. The van der Waals surface area contributed by atoms with E-state index in [0.29, 0.717) is 18.9 Å². The van der Waals surface area contributed by atoms with E-state index >= 15 is 0 Å². The maximum Gasteiger partial charge on any atom is 0.211 e. The smallest absolute Gasteiger partial charge is 0.211 e. The highest BCUT2D eigenvalue weighted by Gasteiger charge is 2.27. The molecule has 0 aromatic carbocycles. The Morgan fingerprint density at radius 1 is 1.11 bits per heavy atom. The van der Waals surface area contributed by atoms with Gasteiger partial charge in [0.15, 0.2) is 0 Å². The highest BCUT2D eigenvalue weighted by atomic mass is 32.2. The summed E-state index contributed by atoms with van der Waals surface area (Å²) in [7, 11) is -3.26. The topological polar surface area (TPSA) is 78.4 Å². The minimum absolute atomic E-state index is 0.161. The zero-order valence-corrected chi connectivity index (χ0v) is 12.3. The molecule has 3 atom stereocenters. The molecule has 3 N–H and O–H groups in total. The normalized spacial score (nSPS) is 33.2. The van der Waals surface area contributed by atoms with Gasteiger partial charge in [-0.25, -0.2) is 13.1 Å². The molecule has 1 saturated heterocycles. The average Bonchev–Trinajstić information content (AvgIpc) is 2.40. The Bertz CT molecular complexity index is 366. The summed E-state index contributed by atoms with van der Waals surface area (Å²) in [6, 6.07) is 0.0552. The minimum Gasteiger partial charge on any atom is -0.391 e. The average molecular weight is 290 g/mol. The van der Waals surface area contributed by atoms with Crippen LogP contribution in [0.2, 0.25) is 0 Å². The molecule has 112 valence electrons. The van der Waals surface area contributed by atoms with Crippen molar-refractivity contribution >= 4 is 10.0 Å². The van der Waals surface area contributed by atoms with Crippen molar-refractivity contribution in [3.8, 4) is 0 Å². The van der Waals surface area contributed by atoms with Crippen LogP contribution >= 0.6 is 0 Å². The predicted molar refractivity (Wildman–Crippen MR) is 75.4 cm³/mol. The summed E-state index contributed by atoms with van der Waals surface area (Å²) in [6.45, 7) is 0.999. The maximum absolute atomic E-state index is 12.0. The first-order valence-corrected chi connectivity index (χ1v) is 9.13. The molecule has 2 aliphatic rings. The second-order valence-electron chi connectivity index (χ2n) is 5.83. The Morgan fingerprint density at radius 2 is 1.84 bits per heavy atom. The van der Waals surface area contributed by atoms with Crippen molar-refractivity contribution in [2.75, 3.05) is 12.3 Å². The van der Waals surface area contributed by atoms with Crippen molar-refractivity contribution in [2.45, 2.75) is 69.6 Å². The van der Waals surface area contributed by atoms with Crippen molar-refractivity contribution in [3.63, 3.8) is 0 Å². The Kier molecular flexibility index (Phi) is 5.62. The third-order valence-corrected chi connectivity index (χ3v) is 5.64. The van der Waals surface area contributed by atoms with Gasteiger partial charge >= 0.3 is 0 Å². The number of piperidine rings is 1. The fraction of sp³-hybridized carbons (Fsp3) is 1.00. The van der Waals surface area contributed by atoms with Gasteiger partial charge < -0.3 is 10.4 Å². The highest BCUT2D eigenvalue weighted by molar-refractivity contribution is 7.89. The molecule has 1 saturated carbocycles. The van der Waals surface area contributed by atoms with Gasteiger partial charge in [0, 0.05) is 12.1 Å². The number of aliphatic hydroxyl groups excluding tert-OH is 1. The first-order chi connectivity index (χ1) is 9.07. The molecule has 6 heteroatoms. The molecular weight excluding hydrogens is 264 g/mol. The maximum atomic E-state index is 12.0. The molecule has 0 amide bonds. The first kappa shape index (κ1) is 15.2. The van der Waals surface area contributed by atoms with E-state index in [4.69, 9.17) is 0 Å². The molecule has 1 heterocycles. The third kappa shape index (κ3) is 5.02. The predicted octanol–water partition coefficient (Wildman–Crippen LogP) is 0.741. The van der Waals surface area contributed by atoms with E-state index < -0.39 is 16.1 Å². The van der Waals surface area contributed by atoms with E-state index in [1.807, 2.05) is 0 Å². The van der Waals surface area contributed by atoms with Crippen molar-refractivity contribution in [2.24, 2.45) is 0 Å². The Morgan fingerprint density at radius 3 is 2.53 bits per heavy atom. The molecule has 19 heavy (non-hydrogen) atoms. The molecular formula is C13H26N2O3S. The van der Waals surface area contributed by atoms with Crippen molar-refractivity contribution in [1.29, 1.82) is 0 Å². The van der Waals surface area contributed by atoms with E-state index in [1.165, 1.54) is 12.8 Å². The fourth-order valence-corrected chi connectivity index (χ4v) is 4.45. The quantitative estimate of drug-likeness (QED) is 0.698. The lowest BCUT2D eigenvalue weighted by molar-refractivity contribution is 0.101. The summed E-state index contributed by atoms with van der Waals surface area (Å²) in [5.74, 6) is 0.161. The number of hydrogen-bond acceptors (Lipinski definition) is 4. The standard InChI is InChI=1S/C13H26N2O3S/c16-13-7-2-1-6-12(13)15-19(17,18)10-8-11-5-3-4-9-14-11/h11-16H,1-10H2. The summed E-state index contributed by atoms with van der Waals surface area (Å²) in [6.07, 6.45) is 7.04. The first-order valence-electron chi connectivity index (χ1n) is 7.48. The summed E-state index contributed by atoms with van der Waals surface area (Å²) < 4.78 is 26.8. The Balaban J connectivity index is 1.77. The summed E-state index contributed by atoms with van der Waals surface area (Å²) >= 11 is 0. The van der Waals surface area contributed by atoms with Crippen LogP contribution in [0.25, 0.3) is 0 Å². The molecule has 5 nitrogen and oxygen atoms in total. The largest absolute Gasteiger partial charge is 0.391 e. The van der Waals surface area contributed by atoms with E-state index in [1.54, 1.807) is 0 Å². The number of sulfonamides is 1. The number of nitrogens with one attached hydrogen (secondary N) is 2. The van der Waals surface area contributed by atoms with E-state index in [-0.39, 0.29) is 11.8 Å². The molecule has 1 aliphatic heterocycles. The third-order valence-electron chi connectivity index (χ3n) is 4.21. The lowest BCUT2D eigenvalue weighted by Crippen LogP contribution is -2.46. The van der Waals surface area contributed by atoms with Crippen LogP contribution in [0.5, 0.6) is 0 Å². The van der Waals surface area contributed by atoms with Crippen LogP contribution in [0.1, 0.15) is 51.4 Å². The van der Waals surface area contributed by atoms with Gasteiger partial charge in [-0.1, -0.05) is 19.3 Å². The lowest BCUT2D eigenvalue weighted by Gasteiger charge is -2.28. The van der Waals surface area contributed by atoms with Gasteiger partial charge in [0.25, 0.3) is 0 Å². The number of hydrogen-bond donors (Lipinski definition) is 3. The molecule has 0 radical (unpaired) electrons. The SMILES string of the molecule is O=S(=O)(CCC1CCCCN1)NC1CCCCC1O. The second-order valence-corrected chi connectivity index (χ2v) is 7.70. The molecule has 0 aromatic rings. The van der Waals surface area contributed by atoms with Crippen molar-refractivity contribution in [1.82, 2.24) is 10.0 Å². The van der Waals surface area contributed by atoms with Gasteiger partial charge in [-0.05, 0) is 38.6 Å². The fourth-order valence-electron chi connectivity index (χ4n) is 3.01. The summed E-state index contributed by atoms with van der Waals surface area (Å²) in [5, 5.41) is 13.2. The van der Waals surface area contributed by atoms with E-state index in [2.05, 4.69) is 10.0 Å². The van der Waals surface area contributed by atoms with Gasteiger partial charge in [0.2, 0.25) is 10.0 Å². The molecule has 2 fully saturated rings. The molecule has 1 aliphatic carbocycles. The zero-order chi connectivity index (χ0) is 13.7. The molecule has 0 spiro atoms. The van der Waals surface area contributed by atoms with Gasteiger partial charge in [-0.3, -0.25) is 0 Å². The zero-order valence-electron chi connectivity index (χ0n) is 11.5. The van der Waals surface area contributed by atoms with Crippen molar-refractivity contribution < 1.29 is 13.5 Å².